The Balaban J connectivity index is 1.86. The molecule has 2 heterocycles. The molecule has 2 aliphatic heterocycles. The van der Waals surface area contributed by atoms with Gasteiger partial charge in [-0.05, 0) is 50.6 Å². The van der Waals surface area contributed by atoms with E-state index in [9.17, 15) is 14.7 Å². The van der Waals surface area contributed by atoms with Crippen LogP contribution in [0.25, 0.3) is 0 Å². The molecule has 6 heteroatoms. The molecule has 124 valence electrons. The van der Waals surface area contributed by atoms with Gasteiger partial charge in [0.05, 0.1) is 0 Å². The second kappa shape index (κ2) is 5.80. The van der Waals surface area contributed by atoms with E-state index in [2.05, 4.69) is 0 Å². The Bertz CT molecular complexity index is 663. The third kappa shape index (κ3) is 2.72. The number of aliphatic carboxylic acids is 1. The number of carboxylic acids is 1. The molecule has 0 bridgehead atoms. The first-order valence-corrected chi connectivity index (χ1v) is 8.18. The van der Waals surface area contributed by atoms with Crippen LogP contribution < -0.4 is 0 Å². The molecule has 0 spiro atoms. The molecule has 1 aromatic carbocycles. The van der Waals surface area contributed by atoms with E-state index in [0.29, 0.717) is 23.7 Å². The maximum absolute atomic E-state index is 12.8. The molecule has 0 radical (unpaired) electrons. The topological polar surface area (TPSA) is 60.9 Å². The fourth-order valence-corrected chi connectivity index (χ4v) is 4.01. The average molecular weight is 337 g/mol. The van der Waals surface area contributed by atoms with E-state index in [4.69, 9.17) is 11.6 Å². The van der Waals surface area contributed by atoms with Crippen molar-refractivity contribution in [1.29, 1.82) is 0 Å². The minimum absolute atomic E-state index is 0.0149. The van der Waals surface area contributed by atoms with Crippen LogP contribution in [0.5, 0.6) is 0 Å². The van der Waals surface area contributed by atoms with Crippen LogP contribution in [0.1, 0.15) is 22.3 Å². The van der Waals surface area contributed by atoms with Crippen molar-refractivity contribution in [2.24, 2.45) is 11.3 Å². The molecule has 2 atom stereocenters. The third-order valence-corrected chi connectivity index (χ3v) is 5.65. The Morgan fingerprint density at radius 3 is 2.74 bits per heavy atom. The highest BCUT2D eigenvalue weighted by molar-refractivity contribution is 6.31. The van der Waals surface area contributed by atoms with Crippen LogP contribution in [0.15, 0.2) is 18.2 Å². The summed E-state index contributed by atoms with van der Waals surface area (Å²) in [6.07, 6.45) is 0.807. The van der Waals surface area contributed by atoms with Crippen molar-refractivity contribution >= 4 is 23.5 Å². The number of hydrogen-bond acceptors (Lipinski definition) is 3. The quantitative estimate of drug-likeness (QED) is 0.898. The molecule has 23 heavy (non-hydrogen) atoms. The minimum atomic E-state index is -0.850. The van der Waals surface area contributed by atoms with Crippen LogP contribution in [0.3, 0.4) is 0 Å². The number of rotatable bonds is 2. The van der Waals surface area contributed by atoms with Crippen molar-refractivity contribution in [3.8, 4) is 0 Å². The van der Waals surface area contributed by atoms with Gasteiger partial charge in [0.2, 0.25) is 0 Å². The summed E-state index contributed by atoms with van der Waals surface area (Å²) < 4.78 is 0. The summed E-state index contributed by atoms with van der Waals surface area (Å²) in [5.74, 6) is -0.920. The molecule has 2 fully saturated rings. The van der Waals surface area contributed by atoms with Gasteiger partial charge in [0.1, 0.15) is 5.41 Å². The minimum Gasteiger partial charge on any atom is -0.481 e. The molecular formula is C17H21ClN2O3. The van der Waals surface area contributed by atoms with Gasteiger partial charge in [-0.3, -0.25) is 9.59 Å². The molecule has 2 saturated heterocycles. The maximum atomic E-state index is 12.8. The lowest BCUT2D eigenvalue weighted by molar-refractivity contribution is -0.153. The first-order valence-electron chi connectivity index (χ1n) is 7.81. The van der Waals surface area contributed by atoms with Crippen LogP contribution in [0, 0.1) is 18.3 Å². The van der Waals surface area contributed by atoms with Crippen LogP contribution in [-0.2, 0) is 4.79 Å². The van der Waals surface area contributed by atoms with Crippen molar-refractivity contribution in [2.75, 3.05) is 33.2 Å². The van der Waals surface area contributed by atoms with Crippen molar-refractivity contribution in [3.05, 3.63) is 34.3 Å². The standard InChI is InChI=1S/C17H21ClN2O3/c1-11-3-4-12(7-14(11)18)15(21)20-8-13-5-6-19(2)9-17(13,10-20)16(22)23/h3-4,7,13H,5-6,8-10H2,1-2H3,(H,22,23)/t13-,17-/m0/s1. The molecule has 3 rings (SSSR count). The van der Waals surface area contributed by atoms with Gasteiger partial charge >= 0.3 is 5.97 Å². The average Bonchev–Trinajstić information content (AvgIpc) is 2.89. The number of piperidine rings is 1. The Morgan fingerprint density at radius 1 is 1.35 bits per heavy atom. The molecule has 0 aliphatic carbocycles. The lowest BCUT2D eigenvalue weighted by Gasteiger charge is -2.39. The van der Waals surface area contributed by atoms with Crippen molar-refractivity contribution < 1.29 is 14.7 Å². The number of carboxylic acid groups (broad SMARTS) is 1. The molecule has 5 nitrogen and oxygen atoms in total. The Kier molecular flexibility index (Phi) is 4.10. The summed E-state index contributed by atoms with van der Waals surface area (Å²) in [5.41, 5.74) is 0.590. The first-order chi connectivity index (χ1) is 10.8. The van der Waals surface area contributed by atoms with E-state index in [1.54, 1.807) is 17.0 Å². The second-order valence-corrected chi connectivity index (χ2v) is 7.24. The van der Waals surface area contributed by atoms with Gasteiger partial charge in [-0.1, -0.05) is 17.7 Å². The van der Waals surface area contributed by atoms with E-state index in [1.165, 1.54) is 0 Å². The number of hydrogen-bond donors (Lipinski definition) is 1. The number of likely N-dealkylation sites (tertiary alicyclic amines) is 2. The fraction of sp³-hybridized carbons (Fsp3) is 0.529. The van der Waals surface area contributed by atoms with Crippen LogP contribution in [0.2, 0.25) is 5.02 Å². The predicted octanol–water partition coefficient (Wildman–Crippen LogP) is 2.13. The normalized spacial score (nSPS) is 27.8. The molecule has 1 aromatic rings. The van der Waals surface area contributed by atoms with Crippen LogP contribution in [-0.4, -0.2) is 60.0 Å². The molecule has 1 amide bonds. The number of carbonyl (C=O) groups is 2. The lowest BCUT2D eigenvalue weighted by atomic mass is 9.73. The smallest absolute Gasteiger partial charge is 0.313 e. The monoisotopic (exact) mass is 336 g/mol. The van der Waals surface area contributed by atoms with E-state index in [1.807, 2.05) is 24.9 Å². The number of carbonyl (C=O) groups excluding carboxylic acids is 1. The van der Waals surface area contributed by atoms with Crippen molar-refractivity contribution in [1.82, 2.24) is 9.80 Å². The zero-order valence-electron chi connectivity index (χ0n) is 13.4. The number of fused-ring (bicyclic) bond motifs is 1. The number of amides is 1. The Morgan fingerprint density at radius 2 is 2.09 bits per heavy atom. The summed E-state index contributed by atoms with van der Waals surface area (Å²) in [5, 5.41) is 10.3. The SMILES string of the molecule is Cc1ccc(C(=O)N2C[C@@H]3CCN(C)C[C@]3(C(=O)O)C2)cc1Cl. The third-order valence-electron chi connectivity index (χ3n) is 5.24. The summed E-state index contributed by atoms with van der Waals surface area (Å²) in [6.45, 7) is 4.02. The number of nitrogens with zero attached hydrogens (tertiary/aromatic N) is 2. The van der Waals surface area contributed by atoms with Gasteiger partial charge in [-0.25, -0.2) is 0 Å². The molecular weight excluding hydrogens is 316 g/mol. The summed E-state index contributed by atoms with van der Waals surface area (Å²) in [4.78, 5) is 28.4. The van der Waals surface area contributed by atoms with E-state index in [-0.39, 0.29) is 18.4 Å². The van der Waals surface area contributed by atoms with E-state index in [0.717, 1.165) is 18.5 Å². The zero-order chi connectivity index (χ0) is 16.8. The summed E-state index contributed by atoms with van der Waals surface area (Å²) >= 11 is 6.11. The fourth-order valence-electron chi connectivity index (χ4n) is 3.83. The van der Waals surface area contributed by atoms with Gasteiger partial charge in [-0.15, -0.1) is 0 Å². The Hall–Kier alpha value is -1.59. The van der Waals surface area contributed by atoms with E-state index >= 15 is 0 Å². The molecule has 1 N–H and O–H groups in total. The van der Waals surface area contributed by atoms with Gasteiger partial charge in [0.15, 0.2) is 0 Å². The summed E-state index contributed by atoms with van der Waals surface area (Å²) in [7, 11) is 1.94. The van der Waals surface area contributed by atoms with Gasteiger partial charge in [0.25, 0.3) is 5.91 Å². The van der Waals surface area contributed by atoms with Gasteiger partial charge in [0, 0.05) is 30.2 Å². The predicted molar refractivity (Wildman–Crippen MR) is 87.8 cm³/mol. The van der Waals surface area contributed by atoms with Gasteiger partial charge in [-0.2, -0.15) is 0 Å². The zero-order valence-corrected chi connectivity index (χ0v) is 14.1. The lowest BCUT2D eigenvalue weighted by Crippen LogP contribution is -2.52. The number of aryl methyl sites for hydroxylation is 1. The highest BCUT2D eigenvalue weighted by Crippen LogP contribution is 2.42. The molecule has 0 unspecified atom stereocenters. The van der Waals surface area contributed by atoms with Crippen molar-refractivity contribution in [3.63, 3.8) is 0 Å². The highest BCUT2D eigenvalue weighted by Gasteiger charge is 2.55. The van der Waals surface area contributed by atoms with E-state index < -0.39 is 11.4 Å². The number of halogens is 1. The van der Waals surface area contributed by atoms with Crippen LogP contribution >= 0.6 is 11.6 Å². The second-order valence-electron chi connectivity index (χ2n) is 6.83. The number of benzene rings is 1. The van der Waals surface area contributed by atoms with Crippen LogP contribution in [0.4, 0.5) is 0 Å². The highest BCUT2D eigenvalue weighted by atomic mass is 35.5. The molecule has 2 aliphatic rings. The molecule has 0 aromatic heterocycles. The summed E-state index contributed by atoms with van der Waals surface area (Å²) in [6, 6.07) is 5.24. The molecule has 0 saturated carbocycles. The van der Waals surface area contributed by atoms with Crippen molar-refractivity contribution in [2.45, 2.75) is 13.3 Å². The largest absolute Gasteiger partial charge is 0.481 e. The van der Waals surface area contributed by atoms with Gasteiger partial charge < -0.3 is 14.9 Å². The Labute approximate surface area is 140 Å². The maximum Gasteiger partial charge on any atom is 0.313 e. The first kappa shape index (κ1) is 16.3.